The van der Waals surface area contributed by atoms with E-state index in [0.29, 0.717) is 16.4 Å². The molecule has 2 aromatic rings. The van der Waals surface area contributed by atoms with Crippen molar-refractivity contribution in [2.75, 3.05) is 5.73 Å². The summed E-state index contributed by atoms with van der Waals surface area (Å²) in [6, 6.07) is 7.15. The van der Waals surface area contributed by atoms with E-state index < -0.39 is 5.82 Å². The number of anilines is 1. The average molecular weight is 265 g/mol. The lowest BCUT2D eigenvalue weighted by Crippen LogP contribution is -2.06. The minimum absolute atomic E-state index is 0.0158. The smallest absolute Gasteiger partial charge is 0.170 e. The zero-order valence-corrected chi connectivity index (χ0v) is 10.1. The quantitative estimate of drug-likeness (QED) is 0.868. The van der Waals surface area contributed by atoms with Gasteiger partial charge in [0.15, 0.2) is 5.78 Å². The molecule has 5 heteroatoms. The fraction of sp³-hybridized carbons (Fsp3) is 0.0769. The van der Waals surface area contributed by atoms with Crippen LogP contribution in [0.1, 0.15) is 15.9 Å². The maximum atomic E-state index is 13.5. The number of benzene rings is 1. The molecule has 0 aliphatic carbocycles. The minimum atomic E-state index is -0.577. The summed E-state index contributed by atoms with van der Waals surface area (Å²) in [5.41, 5.74) is 6.18. The van der Waals surface area contributed by atoms with Gasteiger partial charge in [0.1, 0.15) is 11.6 Å². The van der Waals surface area contributed by atoms with Gasteiger partial charge in [-0.25, -0.2) is 9.37 Å². The summed E-state index contributed by atoms with van der Waals surface area (Å²) in [5.74, 6) is -0.598. The van der Waals surface area contributed by atoms with Gasteiger partial charge in [0, 0.05) is 17.6 Å². The van der Waals surface area contributed by atoms with E-state index in [0.717, 1.165) is 0 Å². The van der Waals surface area contributed by atoms with Crippen molar-refractivity contribution in [2.24, 2.45) is 0 Å². The van der Waals surface area contributed by atoms with Crippen LogP contribution in [0.5, 0.6) is 0 Å². The molecule has 1 aromatic carbocycles. The highest BCUT2D eigenvalue weighted by atomic mass is 35.5. The van der Waals surface area contributed by atoms with Crippen LogP contribution >= 0.6 is 11.6 Å². The van der Waals surface area contributed by atoms with Crippen molar-refractivity contribution >= 4 is 23.2 Å². The number of halogens is 2. The first-order valence-corrected chi connectivity index (χ1v) is 5.63. The fourth-order valence-corrected chi connectivity index (χ4v) is 1.77. The molecule has 0 atom stereocenters. The third kappa shape index (κ3) is 2.84. The van der Waals surface area contributed by atoms with E-state index in [-0.39, 0.29) is 17.8 Å². The Kier molecular flexibility index (Phi) is 3.58. The molecule has 2 rings (SSSR count). The molecule has 0 spiro atoms. The molecule has 18 heavy (non-hydrogen) atoms. The van der Waals surface area contributed by atoms with Gasteiger partial charge in [-0.1, -0.05) is 11.6 Å². The number of nitrogens with zero attached hydrogens (tertiary/aromatic N) is 1. The van der Waals surface area contributed by atoms with Gasteiger partial charge in [0.25, 0.3) is 0 Å². The van der Waals surface area contributed by atoms with Crippen LogP contribution in [0, 0.1) is 5.82 Å². The lowest BCUT2D eigenvalue weighted by atomic mass is 10.0. The molecule has 0 fully saturated rings. The molecule has 0 radical (unpaired) electrons. The Morgan fingerprint density at radius 3 is 2.83 bits per heavy atom. The molecule has 3 nitrogen and oxygen atoms in total. The van der Waals surface area contributed by atoms with Gasteiger partial charge in [-0.05, 0) is 35.9 Å². The lowest BCUT2D eigenvalue weighted by molar-refractivity contribution is 0.0989. The van der Waals surface area contributed by atoms with Crippen LogP contribution in [0.3, 0.4) is 0 Å². The Morgan fingerprint density at radius 2 is 2.11 bits per heavy atom. The van der Waals surface area contributed by atoms with Crippen molar-refractivity contribution in [1.82, 2.24) is 4.98 Å². The Labute approximate surface area is 108 Å². The van der Waals surface area contributed by atoms with Crippen molar-refractivity contribution < 1.29 is 9.18 Å². The minimum Gasteiger partial charge on any atom is -0.384 e. The van der Waals surface area contributed by atoms with Crippen LogP contribution in [0.2, 0.25) is 5.02 Å². The number of nitrogen functional groups attached to an aromatic ring is 1. The molecule has 0 aliphatic rings. The van der Waals surface area contributed by atoms with Gasteiger partial charge in [-0.2, -0.15) is 0 Å². The Balaban J connectivity index is 2.24. The Morgan fingerprint density at radius 1 is 1.33 bits per heavy atom. The van der Waals surface area contributed by atoms with Crippen molar-refractivity contribution in [1.29, 1.82) is 0 Å². The Hall–Kier alpha value is -1.94. The molecule has 0 aliphatic heterocycles. The van der Waals surface area contributed by atoms with E-state index in [2.05, 4.69) is 4.98 Å². The number of hydrogen-bond donors (Lipinski definition) is 1. The molecule has 1 aromatic heterocycles. The van der Waals surface area contributed by atoms with Gasteiger partial charge in [0.05, 0.1) is 5.56 Å². The van der Waals surface area contributed by atoms with Crippen LogP contribution in [-0.4, -0.2) is 10.8 Å². The highest BCUT2D eigenvalue weighted by Crippen LogP contribution is 2.17. The van der Waals surface area contributed by atoms with Crippen molar-refractivity contribution in [3.05, 3.63) is 58.5 Å². The number of nitrogens with two attached hydrogens (primary N) is 1. The summed E-state index contributed by atoms with van der Waals surface area (Å²) in [4.78, 5) is 15.8. The van der Waals surface area contributed by atoms with Crippen molar-refractivity contribution in [3.8, 4) is 0 Å². The third-order valence-corrected chi connectivity index (χ3v) is 2.67. The van der Waals surface area contributed by atoms with Crippen LogP contribution in [0.25, 0.3) is 0 Å². The zero-order chi connectivity index (χ0) is 13.1. The summed E-state index contributed by atoms with van der Waals surface area (Å²) < 4.78 is 13.5. The van der Waals surface area contributed by atoms with Crippen LogP contribution < -0.4 is 5.73 Å². The number of pyridine rings is 1. The molecule has 0 saturated heterocycles. The summed E-state index contributed by atoms with van der Waals surface area (Å²) in [5, 5.41) is 0.328. The molecule has 92 valence electrons. The molecular weight excluding hydrogens is 255 g/mol. The summed E-state index contributed by atoms with van der Waals surface area (Å²) in [6.45, 7) is 0. The maximum Gasteiger partial charge on any atom is 0.170 e. The number of rotatable bonds is 3. The molecular formula is C13H10ClFN2O. The highest BCUT2D eigenvalue weighted by Gasteiger charge is 2.13. The van der Waals surface area contributed by atoms with E-state index >= 15 is 0 Å². The molecule has 0 bridgehead atoms. The van der Waals surface area contributed by atoms with Crippen LogP contribution in [-0.2, 0) is 6.42 Å². The number of aromatic nitrogens is 1. The first-order valence-electron chi connectivity index (χ1n) is 5.25. The summed E-state index contributed by atoms with van der Waals surface area (Å²) in [6.07, 6.45) is 1.57. The maximum absolute atomic E-state index is 13.5. The van der Waals surface area contributed by atoms with E-state index in [9.17, 15) is 9.18 Å². The molecule has 0 saturated carbocycles. The number of hydrogen-bond acceptors (Lipinski definition) is 3. The van der Waals surface area contributed by atoms with Gasteiger partial charge in [-0.15, -0.1) is 0 Å². The molecule has 2 N–H and O–H groups in total. The summed E-state index contributed by atoms with van der Waals surface area (Å²) in [7, 11) is 0. The number of Topliss-reactive ketones (excluding diaryl/α,β-unsaturated/α-hetero) is 1. The van der Waals surface area contributed by atoms with Crippen LogP contribution in [0.4, 0.5) is 10.2 Å². The van der Waals surface area contributed by atoms with E-state index in [4.69, 9.17) is 17.3 Å². The predicted molar refractivity (Wildman–Crippen MR) is 68.1 cm³/mol. The number of ketones is 1. The van der Waals surface area contributed by atoms with Crippen LogP contribution in [0.15, 0.2) is 36.5 Å². The normalized spacial score (nSPS) is 10.3. The van der Waals surface area contributed by atoms with Crippen molar-refractivity contribution in [2.45, 2.75) is 6.42 Å². The standard InChI is InChI=1S/C13H10ClFN2O/c14-9-1-2-11(15)10(7-9)12(18)5-8-3-4-17-13(16)6-8/h1-4,6-7H,5H2,(H2,16,17). The molecule has 0 amide bonds. The second-order valence-electron chi connectivity index (χ2n) is 3.81. The number of carbonyl (C=O) groups excluding carboxylic acids is 1. The monoisotopic (exact) mass is 264 g/mol. The van der Waals surface area contributed by atoms with Gasteiger partial charge >= 0.3 is 0 Å². The second kappa shape index (κ2) is 5.14. The van der Waals surface area contributed by atoms with E-state index in [1.165, 1.54) is 24.4 Å². The van der Waals surface area contributed by atoms with Crippen molar-refractivity contribution in [3.63, 3.8) is 0 Å². The molecule has 0 unspecified atom stereocenters. The van der Waals surface area contributed by atoms with Gasteiger partial charge in [0.2, 0.25) is 0 Å². The number of carbonyl (C=O) groups is 1. The van der Waals surface area contributed by atoms with Gasteiger partial charge in [-0.3, -0.25) is 4.79 Å². The first kappa shape index (κ1) is 12.5. The summed E-state index contributed by atoms with van der Waals surface area (Å²) >= 11 is 5.74. The highest BCUT2D eigenvalue weighted by molar-refractivity contribution is 6.31. The average Bonchev–Trinajstić information content (AvgIpc) is 2.32. The lowest BCUT2D eigenvalue weighted by Gasteiger charge is -2.04. The van der Waals surface area contributed by atoms with Gasteiger partial charge < -0.3 is 5.73 Å². The topological polar surface area (TPSA) is 56.0 Å². The third-order valence-electron chi connectivity index (χ3n) is 2.44. The zero-order valence-electron chi connectivity index (χ0n) is 9.36. The fourth-order valence-electron chi connectivity index (χ4n) is 1.60. The largest absolute Gasteiger partial charge is 0.384 e. The predicted octanol–water partition coefficient (Wildman–Crippen LogP) is 2.88. The van der Waals surface area contributed by atoms with E-state index in [1.807, 2.05) is 0 Å². The van der Waals surface area contributed by atoms with E-state index in [1.54, 1.807) is 12.1 Å². The Bertz CT molecular complexity index is 601. The molecule has 1 heterocycles. The first-order chi connectivity index (χ1) is 8.56. The SMILES string of the molecule is Nc1cc(CC(=O)c2cc(Cl)ccc2F)ccn1. The second-order valence-corrected chi connectivity index (χ2v) is 4.25.